The average Bonchev–Trinajstić information content (AvgIpc) is 3.15. The number of fused-ring (bicyclic) bond motifs is 1. The molecule has 1 N–H and O–H groups in total. The number of anilines is 1. The molecule has 0 fully saturated rings. The maximum Gasteiger partial charge on any atom is 0.264 e. The molecule has 4 rings (SSSR count). The Labute approximate surface area is 174 Å². The molecule has 2 heterocycles. The van der Waals surface area contributed by atoms with E-state index in [1.54, 1.807) is 11.6 Å². The fourth-order valence-electron chi connectivity index (χ4n) is 3.55. The zero-order valence-electron chi connectivity index (χ0n) is 17.2. The summed E-state index contributed by atoms with van der Waals surface area (Å²) >= 11 is 0. The van der Waals surface area contributed by atoms with Gasteiger partial charge in [-0.15, -0.1) is 0 Å². The molecule has 0 aliphatic rings. The van der Waals surface area contributed by atoms with E-state index in [0.29, 0.717) is 16.9 Å². The highest BCUT2D eigenvalue weighted by Crippen LogP contribution is 2.20. The summed E-state index contributed by atoms with van der Waals surface area (Å²) in [4.78, 5) is 30.1. The number of para-hydroxylation sites is 2. The quantitative estimate of drug-likeness (QED) is 0.555. The van der Waals surface area contributed by atoms with E-state index in [2.05, 4.69) is 15.4 Å². The lowest BCUT2D eigenvalue weighted by Gasteiger charge is -2.13. The molecule has 30 heavy (non-hydrogen) atoms. The number of benzene rings is 2. The molecule has 0 aliphatic carbocycles. The van der Waals surface area contributed by atoms with Gasteiger partial charge >= 0.3 is 0 Å². The topological polar surface area (TPSA) is 81.8 Å². The first-order valence-corrected chi connectivity index (χ1v) is 9.82. The van der Waals surface area contributed by atoms with E-state index in [-0.39, 0.29) is 24.4 Å². The number of carbonyl (C=O) groups excluding carboxylic acids is 1. The van der Waals surface area contributed by atoms with Gasteiger partial charge in [0.25, 0.3) is 5.56 Å². The fraction of sp³-hybridized carbons (Fsp3) is 0.217. The van der Waals surface area contributed by atoms with Crippen molar-refractivity contribution in [2.24, 2.45) is 0 Å². The number of amides is 1. The molecule has 1 amide bonds. The van der Waals surface area contributed by atoms with Crippen molar-refractivity contribution < 1.29 is 4.79 Å². The molecule has 7 nitrogen and oxygen atoms in total. The third-order valence-electron chi connectivity index (χ3n) is 5.19. The summed E-state index contributed by atoms with van der Waals surface area (Å²) in [7, 11) is 0. The van der Waals surface area contributed by atoms with E-state index in [9.17, 15) is 9.59 Å². The third-order valence-corrected chi connectivity index (χ3v) is 5.19. The first-order chi connectivity index (χ1) is 14.5. The van der Waals surface area contributed by atoms with Crippen LogP contribution in [0.25, 0.3) is 16.7 Å². The minimum atomic E-state index is -0.195. The number of carbonyl (C=O) groups is 1. The zero-order chi connectivity index (χ0) is 21.3. The van der Waals surface area contributed by atoms with Gasteiger partial charge in [0.15, 0.2) is 5.65 Å². The molecule has 2 aromatic heterocycles. The van der Waals surface area contributed by atoms with E-state index >= 15 is 0 Å². The predicted molar refractivity (Wildman–Crippen MR) is 117 cm³/mol. The van der Waals surface area contributed by atoms with Crippen molar-refractivity contribution in [1.29, 1.82) is 0 Å². The Bertz CT molecular complexity index is 1270. The largest absolute Gasteiger partial charge is 0.326 e. The number of hydrogen-bond donors (Lipinski definition) is 1. The van der Waals surface area contributed by atoms with Crippen LogP contribution in [-0.2, 0) is 11.3 Å². The maximum absolute atomic E-state index is 13.0. The summed E-state index contributed by atoms with van der Waals surface area (Å²) in [5, 5.41) is 7.73. The minimum Gasteiger partial charge on any atom is -0.326 e. The highest BCUT2D eigenvalue weighted by atomic mass is 16.2. The number of aromatic nitrogens is 4. The van der Waals surface area contributed by atoms with Crippen molar-refractivity contribution in [2.45, 2.75) is 33.7 Å². The van der Waals surface area contributed by atoms with Gasteiger partial charge in [-0.1, -0.05) is 36.4 Å². The van der Waals surface area contributed by atoms with E-state index in [0.717, 1.165) is 22.5 Å². The summed E-state index contributed by atoms with van der Waals surface area (Å²) in [6, 6.07) is 15.4. The molecule has 2 aromatic carbocycles. The first-order valence-electron chi connectivity index (χ1n) is 9.82. The minimum absolute atomic E-state index is 0.140. The summed E-state index contributed by atoms with van der Waals surface area (Å²) < 4.78 is 3.19. The average molecular weight is 401 g/mol. The Morgan fingerprint density at radius 2 is 1.70 bits per heavy atom. The standard InChI is InChI=1S/C23H23N5O2/c1-15-8-7-9-16(2)21(15)26-20(29)12-13-27-17(3)25-22-19(23(27)30)14-24-28(22)18-10-5-4-6-11-18/h4-11,14H,12-13H2,1-3H3,(H,26,29). The van der Waals surface area contributed by atoms with Crippen LogP contribution in [0.2, 0.25) is 0 Å². The summed E-state index contributed by atoms with van der Waals surface area (Å²) in [6.45, 7) is 5.94. The normalized spacial score (nSPS) is 11.0. The molecule has 0 bridgehead atoms. The van der Waals surface area contributed by atoms with Crippen LogP contribution in [0.15, 0.2) is 59.5 Å². The summed E-state index contributed by atoms with van der Waals surface area (Å²) in [5.74, 6) is 0.406. The molecule has 0 radical (unpaired) electrons. The third kappa shape index (κ3) is 3.61. The van der Waals surface area contributed by atoms with Crippen molar-refractivity contribution in [1.82, 2.24) is 19.3 Å². The molecule has 0 atom stereocenters. The lowest BCUT2D eigenvalue weighted by Crippen LogP contribution is -2.26. The Kier molecular flexibility index (Phi) is 5.18. The molecular weight excluding hydrogens is 378 g/mol. The second kappa shape index (κ2) is 7.94. The molecule has 7 heteroatoms. The van der Waals surface area contributed by atoms with Crippen LogP contribution >= 0.6 is 0 Å². The molecule has 0 aliphatic heterocycles. The lowest BCUT2D eigenvalue weighted by molar-refractivity contribution is -0.116. The number of nitrogens with zero attached hydrogens (tertiary/aromatic N) is 4. The van der Waals surface area contributed by atoms with Gasteiger partial charge in [-0.05, 0) is 44.0 Å². The van der Waals surface area contributed by atoms with Crippen molar-refractivity contribution in [3.8, 4) is 5.69 Å². The van der Waals surface area contributed by atoms with Crippen LogP contribution in [0.4, 0.5) is 5.69 Å². The molecule has 0 unspecified atom stereocenters. The van der Waals surface area contributed by atoms with Gasteiger partial charge in [0.2, 0.25) is 5.91 Å². The second-order valence-electron chi connectivity index (χ2n) is 7.31. The summed E-state index contributed by atoms with van der Waals surface area (Å²) in [6.07, 6.45) is 1.71. The van der Waals surface area contributed by atoms with Crippen molar-refractivity contribution in [3.05, 3.63) is 82.0 Å². The summed E-state index contributed by atoms with van der Waals surface area (Å²) in [5.41, 5.74) is 3.99. The molecule has 152 valence electrons. The second-order valence-corrected chi connectivity index (χ2v) is 7.31. The van der Waals surface area contributed by atoms with E-state index < -0.39 is 0 Å². The molecular formula is C23H23N5O2. The van der Waals surface area contributed by atoms with Gasteiger partial charge in [-0.2, -0.15) is 5.10 Å². The van der Waals surface area contributed by atoms with Gasteiger partial charge < -0.3 is 5.32 Å². The van der Waals surface area contributed by atoms with Gasteiger partial charge in [0.1, 0.15) is 11.2 Å². The van der Waals surface area contributed by atoms with E-state index in [1.165, 1.54) is 10.8 Å². The van der Waals surface area contributed by atoms with Gasteiger partial charge in [-0.25, -0.2) is 9.67 Å². The molecule has 0 spiro atoms. The maximum atomic E-state index is 13.0. The van der Waals surface area contributed by atoms with Gasteiger partial charge in [0, 0.05) is 18.7 Å². The van der Waals surface area contributed by atoms with Crippen LogP contribution in [-0.4, -0.2) is 25.2 Å². The highest BCUT2D eigenvalue weighted by molar-refractivity contribution is 5.92. The Hall–Kier alpha value is -3.74. The van der Waals surface area contributed by atoms with Crippen LogP contribution < -0.4 is 10.9 Å². The van der Waals surface area contributed by atoms with E-state index in [4.69, 9.17) is 0 Å². The van der Waals surface area contributed by atoms with E-state index in [1.807, 2.05) is 62.4 Å². The van der Waals surface area contributed by atoms with Crippen molar-refractivity contribution >= 4 is 22.6 Å². The number of aryl methyl sites for hydroxylation is 3. The zero-order valence-corrected chi connectivity index (χ0v) is 17.2. The first kappa shape index (κ1) is 19.6. The van der Waals surface area contributed by atoms with Crippen molar-refractivity contribution in [2.75, 3.05) is 5.32 Å². The van der Waals surface area contributed by atoms with Crippen LogP contribution in [0.1, 0.15) is 23.4 Å². The van der Waals surface area contributed by atoms with Gasteiger partial charge in [0.05, 0.1) is 11.9 Å². The van der Waals surface area contributed by atoms with Crippen molar-refractivity contribution in [3.63, 3.8) is 0 Å². The number of hydrogen-bond acceptors (Lipinski definition) is 4. The SMILES string of the molecule is Cc1cccc(C)c1NC(=O)CCn1c(C)nc2c(cnn2-c2ccccc2)c1=O. The number of rotatable bonds is 5. The monoisotopic (exact) mass is 401 g/mol. The fourth-order valence-corrected chi connectivity index (χ4v) is 3.55. The number of nitrogens with one attached hydrogen (secondary N) is 1. The Balaban J connectivity index is 1.58. The van der Waals surface area contributed by atoms with Crippen LogP contribution in [0.3, 0.4) is 0 Å². The molecule has 0 saturated heterocycles. The van der Waals surface area contributed by atoms with Gasteiger partial charge in [-0.3, -0.25) is 14.2 Å². The van der Waals surface area contributed by atoms with Crippen LogP contribution in [0.5, 0.6) is 0 Å². The van der Waals surface area contributed by atoms with Crippen LogP contribution in [0, 0.1) is 20.8 Å². The lowest BCUT2D eigenvalue weighted by atomic mass is 10.1. The highest BCUT2D eigenvalue weighted by Gasteiger charge is 2.15. The predicted octanol–water partition coefficient (Wildman–Crippen LogP) is 3.54. The molecule has 0 saturated carbocycles. The Morgan fingerprint density at radius 3 is 2.40 bits per heavy atom. The Morgan fingerprint density at radius 1 is 1.00 bits per heavy atom. The smallest absolute Gasteiger partial charge is 0.264 e. The molecule has 4 aromatic rings.